The Kier molecular flexibility index (Phi) is 43.6. The van der Waals surface area contributed by atoms with Crippen LogP contribution in [-0.2, 0) is 27.9 Å². The number of esters is 1. The number of aliphatic hydroxyl groups is 5. The Balaban J connectivity index is 2.38. The van der Waals surface area contributed by atoms with Gasteiger partial charge in [-0.3, -0.25) is 13.8 Å². The van der Waals surface area contributed by atoms with E-state index >= 15 is 0 Å². The molecule has 6 N–H and O–H groups in total. The van der Waals surface area contributed by atoms with Crippen molar-refractivity contribution >= 4 is 13.8 Å². The predicted molar refractivity (Wildman–Crippen MR) is 294 cm³/mol. The van der Waals surface area contributed by atoms with Crippen molar-refractivity contribution in [3.8, 4) is 0 Å². The van der Waals surface area contributed by atoms with Crippen molar-refractivity contribution in [3.05, 3.63) is 134 Å². The zero-order valence-corrected chi connectivity index (χ0v) is 44.8. The fourth-order valence-electron chi connectivity index (χ4n) is 7.33. The second-order valence-electron chi connectivity index (χ2n) is 18.0. The summed E-state index contributed by atoms with van der Waals surface area (Å²) in [6.07, 6.45) is 58.0. The highest BCUT2D eigenvalue weighted by atomic mass is 31.2. The Hall–Kier alpha value is -3.52. The Morgan fingerprint density at radius 3 is 1.18 bits per heavy atom. The molecule has 1 rings (SSSR count). The van der Waals surface area contributed by atoms with Gasteiger partial charge < -0.3 is 39.9 Å². The van der Waals surface area contributed by atoms with E-state index in [1.54, 1.807) is 0 Å². The molecule has 1 aliphatic carbocycles. The largest absolute Gasteiger partial charge is 0.472 e. The van der Waals surface area contributed by atoms with Crippen LogP contribution in [0.15, 0.2) is 134 Å². The lowest BCUT2D eigenvalue weighted by Crippen LogP contribution is -2.64. The van der Waals surface area contributed by atoms with Gasteiger partial charge in [0.15, 0.2) is 0 Å². The van der Waals surface area contributed by atoms with Gasteiger partial charge in [-0.05, 0) is 109 Å². The van der Waals surface area contributed by atoms with E-state index in [-0.39, 0.29) is 13.0 Å². The number of hydrogen-bond acceptors (Lipinski definition) is 11. The zero-order valence-electron chi connectivity index (χ0n) is 43.9. The van der Waals surface area contributed by atoms with E-state index in [9.17, 15) is 39.8 Å². The molecule has 0 radical (unpaired) electrons. The first-order valence-electron chi connectivity index (χ1n) is 27.0. The fourth-order valence-corrected chi connectivity index (χ4v) is 8.30. The first kappa shape index (κ1) is 66.5. The summed E-state index contributed by atoms with van der Waals surface area (Å²) in [5, 5.41) is 50.4. The number of phosphoric ester groups is 1. The molecule has 6 atom stereocenters. The number of unbranched alkanes of at least 4 members (excludes halogenated alkanes) is 10. The van der Waals surface area contributed by atoms with Gasteiger partial charge in [-0.2, -0.15) is 0 Å². The first-order chi connectivity index (χ1) is 35.0. The molecule has 1 fully saturated rings. The summed E-state index contributed by atoms with van der Waals surface area (Å²) < 4.78 is 34.3. The van der Waals surface area contributed by atoms with Crippen LogP contribution in [0.25, 0.3) is 0 Å². The van der Waals surface area contributed by atoms with Crippen LogP contribution in [-0.4, -0.2) is 98.9 Å². The van der Waals surface area contributed by atoms with Gasteiger partial charge in [-0.25, -0.2) is 4.57 Å². The van der Waals surface area contributed by atoms with Gasteiger partial charge in [0.05, 0.1) is 13.2 Å². The quantitative estimate of drug-likeness (QED) is 0.0147. The molecular formula is C59H95O12P. The van der Waals surface area contributed by atoms with Crippen LogP contribution in [0, 0.1) is 0 Å². The number of phosphoric acid groups is 1. The van der Waals surface area contributed by atoms with Crippen molar-refractivity contribution in [1.29, 1.82) is 0 Å². The van der Waals surface area contributed by atoms with Gasteiger partial charge in [-0.15, -0.1) is 0 Å². The fraction of sp³-hybridized carbons (Fsp3) is 0.610. The minimum atomic E-state index is -5.05. The summed E-state index contributed by atoms with van der Waals surface area (Å²) in [7, 11) is -5.05. The van der Waals surface area contributed by atoms with Crippen LogP contribution in [0.4, 0.5) is 0 Å². The van der Waals surface area contributed by atoms with Crippen LogP contribution in [0.1, 0.15) is 168 Å². The number of ether oxygens (including phenoxy) is 2. The van der Waals surface area contributed by atoms with Crippen molar-refractivity contribution in [2.45, 2.75) is 211 Å². The lowest BCUT2D eigenvalue weighted by atomic mass is 9.85. The Bertz CT molecular complexity index is 1690. The van der Waals surface area contributed by atoms with Crippen LogP contribution < -0.4 is 0 Å². The number of carbonyl (C=O) groups is 1. The lowest BCUT2D eigenvalue weighted by Gasteiger charge is -2.41. The molecular weight excluding hydrogens is 932 g/mol. The third kappa shape index (κ3) is 38.1. The average Bonchev–Trinajstić information content (AvgIpc) is 3.37. The minimum Gasteiger partial charge on any atom is -0.457 e. The summed E-state index contributed by atoms with van der Waals surface area (Å²) in [4.78, 5) is 23.3. The Labute approximate surface area is 434 Å². The molecule has 0 spiro atoms. The van der Waals surface area contributed by atoms with Crippen molar-refractivity contribution in [2.24, 2.45) is 0 Å². The lowest BCUT2D eigenvalue weighted by molar-refractivity contribution is -0.220. The van der Waals surface area contributed by atoms with E-state index in [4.69, 9.17) is 18.5 Å². The summed E-state index contributed by atoms with van der Waals surface area (Å²) in [6, 6.07) is 0. The first-order valence-corrected chi connectivity index (χ1v) is 28.5. The molecule has 0 aliphatic heterocycles. The van der Waals surface area contributed by atoms with E-state index in [1.165, 1.54) is 25.7 Å². The summed E-state index contributed by atoms with van der Waals surface area (Å²) >= 11 is 0. The molecule has 0 aromatic rings. The van der Waals surface area contributed by atoms with Gasteiger partial charge in [-0.1, -0.05) is 186 Å². The van der Waals surface area contributed by atoms with E-state index < -0.39 is 63.1 Å². The maximum absolute atomic E-state index is 12.9. The van der Waals surface area contributed by atoms with Gasteiger partial charge in [0.25, 0.3) is 0 Å². The van der Waals surface area contributed by atoms with Crippen molar-refractivity contribution < 1.29 is 58.3 Å². The third-order valence-corrected chi connectivity index (χ3v) is 12.5. The maximum atomic E-state index is 12.9. The highest BCUT2D eigenvalue weighted by molar-refractivity contribution is 7.47. The van der Waals surface area contributed by atoms with E-state index in [0.29, 0.717) is 13.0 Å². The number of hydrogen-bond donors (Lipinski definition) is 6. The molecule has 1 saturated carbocycles. The van der Waals surface area contributed by atoms with E-state index in [0.717, 1.165) is 116 Å². The molecule has 0 amide bonds. The molecule has 0 saturated heterocycles. The van der Waals surface area contributed by atoms with E-state index in [1.807, 2.05) is 0 Å². The third-order valence-electron chi connectivity index (χ3n) is 11.5. The van der Waals surface area contributed by atoms with Crippen molar-refractivity contribution in [1.82, 2.24) is 0 Å². The molecule has 0 heterocycles. The Morgan fingerprint density at radius 1 is 0.444 bits per heavy atom. The topological polar surface area (TPSA) is 192 Å². The summed E-state index contributed by atoms with van der Waals surface area (Å²) in [6.45, 7) is 3.95. The molecule has 0 bridgehead atoms. The molecule has 72 heavy (non-hydrogen) atoms. The van der Waals surface area contributed by atoms with Crippen LogP contribution in [0.3, 0.4) is 0 Å². The van der Waals surface area contributed by atoms with Crippen molar-refractivity contribution in [2.75, 3.05) is 19.8 Å². The Morgan fingerprint density at radius 2 is 0.778 bits per heavy atom. The minimum absolute atomic E-state index is 0.111. The molecule has 0 aromatic heterocycles. The average molecular weight is 1030 g/mol. The second-order valence-corrected chi connectivity index (χ2v) is 19.4. The number of allylic oxidation sites excluding steroid dienone is 22. The van der Waals surface area contributed by atoms with Crippen LogP contribution >= 0.6 is 7.82 Å². The zero-order chi connectivity index (χ0) is 52.6. The highest BCUT2D eigenvalue weighted by Crippen LogP contribution is 2.47. The number of aliphatic hydroxyl groups excluding tert-OH is 5. The summed E-state index contributed by atoms with van der Waals surface area (Å²) in [5.74, 6) is -0.528. The normalized spacial score (nSPS) is 21.7. The number of rotatable bonds is 44. The molecule has 12 nitrogen and oxygen atoms in total. The number of carbonyl (C=O) groups excluding carboxylic acids is 1. The van der Waals surface area contributed by atoms with Gasteiger partial charge in [0.1, 0.15) is 42.7 Å². The maximum Gasteiger partial charge on any atom is 0.472 e. The standard InChI is InChI=1S/C59H95O12P/c1-3-5-7-9-11-13-15-17-19-21-23-25-26-27-29-31-33-35-37-39-41-43-45-47-49-68-50-52(51-69-72(66,67)71-59-57(64)55(62)54(61)56(63)58(59)65)70-53(60)48-46-44-42-40-38-36-34-32-30-28-24-22-20-18-16-14-12-10-8-6-4-2/h5-8,11-14,17-20,23-25,27-29,32,34,38,40,52,54-59,61-65H,3-4,9-10,15-16,21-22,26,30-31,33,35-37,39,41-51H2,1-2H3,(H,66,67)/b7-5-,8-6-,13-11-,14-12-,19-17-,20-18-,25-23-,28-24-,29-27-,34-32-,40-38-. The predicted octanol–water partition coefficient (Wildman–Crippen LogP) is 12.8. The van der Waals surface area contributed by atoms with E-state index in [2.05, 4.69) is 148 Å². The molecule has 0 aromatic carbocycles. The van der Waals surface area contributed by atoms with Gasteiger partial charge >= 0.3 is 13.8 Å². The molecule has 6 unspecified atom stereocenters. The van der Waals surface area contributed by atoms with Gasteiger partial charge in [0, 0.05) is 13.0 Å². The molecule has 408 valence electrons. The molecule has 13 heteroatoms. The van der Waals surface area contributed by atoms with Crippen molar-refractivity contribution in [3.63, 3.8) is 0 Å². The van der Waals surface area contributed by atoms with Gasteiger partial charge in [0.2, 0.25) is 0 Å². The molecule has 1 aliphatic rings. The SMILES string of the molecule is CC/C=C\C/C=C\C/C=C\C/C=C\C/C=C\C/C=C\CCCCC(=O)OC(COCCCCCCCCCC/C=C\C/C=C\C/C=C\C/C=C\C/C=C\CC)COP(=O)(O)OC1C(O)C(O)C(O)C(O)C1O. The smallest absolute Gasteiger partial charge is 0.457 e. The second kappa shape index (κ2) is 47.2. The van der Waals surface area contributed by atoms with Crippen LogP contribution in [0.5, 0.6) is 0 Å². The summed E-state index contributed by atoms with van der Waals surface area (Å²) in [5.41, 5.74) is 0. The highest BCUT2D eigenvalue weighted by Gasteiger charge is 2.51. The monoisotopic (exact) mass is 1030 g/mol. The van der Waals surface area contributed by atoms with Crippen LogP contribution in [0.2, 0.25) is 0 Å².